The second kappa shape index (κ2) is 17.1. The number of allylic oxidation sites excluding steroid dienone is 1. The van der Waals surface area contributed by atoms with Crippen molar-refractivity contribution in [2.45, 2.75) is 112 Å². The smallest absolute Gasteiger partial charge is 0.410 e. The monoisotopic (exact) mass is 917 g/mol. The van der Waals surface area contributed by atoms with Crippen molar-refractivity contribution >= 4 is 55.6 Å². The highest BCUT2D eigenvalue weighted by Crippen LogP contribution is 2.46. The van der Waals surface area contributed by atoms with E-state index >= 15 is 0 Å². The second-order valence-corrected chi connectivity index (χ2v) is 21.2. The minimum atomic E-state index is -4.80. The molecular weight excluding hydrogens is 870 g/mol. The minimum Gasteiger partial charge on any atom is -0.444 e. The number of hydrogen-bond donors (Lipinski definition) is 3. The number of hydrogen-bond acceptors (Lipinski definition) is 13. The number of halogens is 1. The summed E-state index contributed by atoms with van der Waals surface area (Å²) >= 11 is 0. The van der Waals surface area contributed by atoms with Crippen molar-refractivity contribution in [3.05, 3.63) is 81.7 Å². The van der Waals surface area contributed by atoms with Gasteiger partial charge >= 0.3 is 12.2 Å². The van der Waals surface area contributed by atoms with Crippen molar-refractivity contribution in [2.75, 3.05) is 19.6 Å². The van der Waals surface area contributed by atoms with E-state index in [1.54, 1.807) is 39.0 Å². The third-order valence-electron chi connectivity index (χ3n) is 11.5. The number of benzene rings is 2. The van der Waals surface area contributed by atoms with Gasteiger partial charge in [0.15, 0.2) is 4.90 Å². The van der Waals surface area contributed by atoms with Gasteiger partial charge in [0.25, 0.3) is 11.6 Å². The van der Waals surface area contributed by atoms with Gasteiger partial charge in [-0.2, -0.15) is 4.31 Å². The number of carbonyl (C=O) groups is 5. The van der Waals surface area contributed by atoms with Crippen molar-refractivity contribution in [3.8, 4) is 0 Å². The Kier molecular flexibility index (Phi) is 12.3. The molecule has 0 spiro atoms. The third-order valence-corrected chi connectivity index (χ3v) is 15.2. The molecule has 3 aliphatic heterocycles. The number of para-hydroxylation sites is 1. The van der Waals surface area contributed by atoms with Crippen molar-refractivity contribution in [3.63, 3.8) is 0 Å². The maximum absolute atomic E-state index is 14.9. The van der Waals surface area contributed by atoms with Gasteiger partial charge in [0.1, 0.15) is 35.1 Å². The molecule has 3 N–H and O–H groups in total. The van der Waals surface area contributed by atoms with Crippen LogP contribution in [0, 0.1) is 21.8 Å². The quantitative estimate of drug-likeness (QED) is 0.196. The van der Waals surface area contributed by atoms with Crippen LogP contribution < -0.4 is 15.4 Å². The van der Waals surface area contributed by atoms with E-state index < -0.39 is 125 Å². The van der Waals surface area contributed by atoms with E-state index in [9.17, 15) is 55.3 Å². The van der Waals surface area contributed by atoms with Gasteiger partial charge in [-0.15, -0.1) is 0 Å². The molecule has 5 aliphatic rings. The Morgan fingerprint density at radius 1 is 1.02 bits per heavy atom. The number of nitrogens with one attached hydrogen (secondary N) is 3. The van der Waals surface area contributed by atoms with Gasteiger partial charge in [-0.3, -0.25) is 34.1 Å². The summed E-state index contributed by atoms with van der Waals surface area (Å²) in [5.41, 5.74) is -2.78. The zero-order valence-corrected chi connectivity index (χ0v) is 36.3. The average molecular weight is 918 g/mol. The summed E-state index contributed by atoms with van der Waals surface area (Å²) in [5.74, 6) is -4.23. The molecule has 63 heavy (non-hydrogen) atoms. The lowest BCUT2D eigenvalue weighted by Gasteiger charge is -2.32. The van der Waals surface area contributed by atoms with Crippen LogP contribution >= 0.6 is 0 Å². The van der Waals surface area contributed by atoms with Crippen LogP contribution in [-0.4, -0.2) is 120 Å². The van der Waals surface area contributed by atoms with Gasteiger partial charge in [-0.25, -0.2) is 30.8 Å². The van der Waals surface area contributed by atoms with Crippen LogP contribution in [0.25, 0.3) is 0 Å². The van der Waals surface area contributed by atoms with E-state index in [4.69, 9.17) is 9.47 Å². The fraction of sp³-hybridized carbons (Fsp3) is 0.525. The number of nitrogens with zero attached hydrogens (tertiary/aromatic N) is 4. The van der Waals surface area contributed by atoms with Crippen LogP contribution in [-0.2, 0) is 57.0 Å². The fourth-order valence-corrected chi connectivity index (χ4v) is 11.0. The standard InChI is InChI=1S/C40H48FN7O13S2/c1-39(2,3)61-37(52)42-30-23-46(63(58,59)33-14-7-6-13-31(33)48(54)55)17-8-4-5-11-25-19-40(25,36(51)44-62(56,57)27-15-16-27)43-34(49)32-18-26(21-47(32)35(30)50)60-38(53)45-20-24-10-9-12-29(41)28(24)22-45/h5-7,9-14,25-27,30,32H,4,8,15-23H2,1-3H3,(H,42,52)(H,43,49)(H,44,51)/b11-5-/t25-,26+,30-,32-,40+/m0/s1. The Morgan fingerprint density at radius 2 is 1.75 bits per heavy atom. The number of nitro benzene ring substituents is 1. The molecule has 2 aromatic rings. The Hall–Kier alpha value is -5.68. The molecule has 5 atom stereocenters. The van der Waals surface area contributed by atoms with Gasteiger partial charge in [0, 0.05) is 43.6 Å². The van der Waals surface area contributed by atoms with Crippen molar-refractivity contribution in [1.29, 1.82) is 0 Å². The van der Waals surface area contributed by atoms with E-state index in [0.717, 1.165) is 21.3 Å². The molecule has 2 saturated carbocycles. The number of amides is 5. The molecule has 3 heterocycles. The van der Waals surface area contributed by atoms with E-state index in [1.165, 1.54) is 29.2 Å². The SMILES string of the molecule is CC(C)(C)OC(=O)N[C@H]1CN(S(=O)(=O)c2ccccc2[N+](=O)[O-])CCC/C=C\[C@H]2C[C@@]2(C(=O)NS(=O)(=O)C2CC2)NC(=O)[C@@H]2C[C@@H](OC(=O)N3Cc4cccc(F)c4C3)CN2C1=O. The van der Waals surface area contributed by atoms with Gasteiger partial charge in [0.05, 0.1) is 23.3 Å². The Bertz CT molecular complexity index is 2480. The first-order chi connectivity index (χ1) is 29.6. The molecule has 0 unspecified atom stereocenters. The molecule has 2 aliphatic carbocycles. The van der Waals surface area contributed by atoms with Crippen molar-refractivity contribution < 1.29 is 59.6 Å². The van der Waals surface area contributed by atoms with Crippen LogP contribution in [0.5, 0.6) is 0 Å². The molecule has 2 aromatic carbocycles. The van der Waals surface area contributed by atoms with Crippen molar-refractivity contribution in [1.82, 2.24) is 29.5 Å². The molecule has 340 valence electrons. The average Bonchev–Trinajstić information content (AvgIpc) is 4.09. The summed E-state index contributed by atoms with van der Waals surface area (Å²) in [6.07, 6.45) is 0.487. The first-order valence-corrected chi connectivity index (χ1v) is 23.4. The van der Waals surface area contributed by atoms with Crippen LogP contribution in [0.1, 0.15) is 70.4 Å². The summed E-state index contributed by atoms with van der Waals surface area (Å²) in [4.78, 5) is 82.9. The lowest BCUT2D eigenvalue weighted by Crippen LogP contribution is -2.60. The topological polar surface area (TPSA) is 261 Å². The summed E-state index contributed by atoms with van der Waals surface area (Å²) in [7, 11) is -8.88. The first kappa shape index (κ1) is 45.3. The molecule has 0 bridgehead atoms. The van der Waals surface area contributed by atoms with Crippen LogP contribution in [0.2, 0.25) is 0 Å². The largest absolute Gasteiger partial charge is 0.444 e. The predicted molar refractivity (Wildman–Crippen MR) is 218 cm³/mol. The van der Waals surface area contributed by atoms with E-state index in [1.807, 2.05) is 0 Å². The first-order valence-electron chi connectivity index (χ1n) is 20.4. The zero-order valence-electron chi connectivity index (χ0n) is 34.7. The Morgan fingerprint density at radius 3 is 2.43 bits per heavy atom. The molecule has 3 fully saturated rings. The number of alkyl carbamates (subject to hydrolysis) is 1. The maximum Gasteiger partial charge on any atom is 0.410 e. The van der Waals surface area contributed by atoms with E-state index in [-0.39, 0.29) is 45.3 Å². The highest BCUT2D eigenvalue weighted by Gasteiger charge is 2.62. The Balaban J connectivity index is 1.25. The molecule has 0 aromatic heterocycles. The number of sulfonamides is 2. The lowest BCUT2D eigenvalue weighted by molar-refractivity contribution is -0.387. The highest BCUT2D eigenvalue weighted by atomic mass is 32.2. The number of fused-ring (bicyclic) bond motifs is 3. The summed E-state index contributed by atoms with van der Waals surface area (Å²) in [5, 5.41) is 16.3. The second-order valence-electron chi connectivity index (χ2n) is 17.3. The molecule has 5 amide bonds. The molecule has 23 heteroatoms. The maximum atomic E-state index is 14.9. The van der Waals surface area contributed by atoms with Crippen LogP contribution in [0.15, 0.2) is 59.5 Å². The lowest BCUT2D eigenvalue weighted by atomic mass is 10.1. The highest BCUT2D eigenvalue weighted by molar-refractivity contribution is 7.91. The molecular formula is C40H48FN7O13S2. The summed E-state index contributed by atoms with van der Waals surface area (Å²) in [6.45, 7) is 2.89. The number of rotatable bonds is 8. The van der Waals surface area contributed by atoms with Crippen LogP contribution in [0.3, 0.4) is 0 Å². The van der Waals surface area contributed by atoms with Gasteiger partial charge in [-0.1, -0.05) is 36.4 Å². The van der Waals surface area contributed by atoms with E-state index in [0.29, 0.717) is 24.0 Å². The van der Waals surface area contributed by atoms with Gasteiger partial charge in [0.2, 0.25) is 31.9 Å². The fourth-order valence-electron chi connectivity index (χ4n) is 8.03. The molecule has 7 rings (SSSR count). The van der Waals surface area contributed by atoms with Crippen LogP contribution in [0.4, 0.5) is 19.7 Å². The Labute approximate surface area is 362 Å². The third kappa shape index (κ3) is 9.78. The van der Waals surface area contributed by atoms with Gasteiger partial charge in [-0.05, 0) is 70.6 Å². The molecule has 20 nitrogen and oxygen atoms in total. The summed E-state index contributed by atoms with van der Waals surface area (Å²) in [6, 6.07) is 5.65. The number of ether oxygens (including phenoxy) is 2. The normalized spacial score (nSPS) is 26.2. The molecule has 0 radical (unpaired) electrons. The number of carbonyl (C=O) groups excluding carboxylic acids is 5. The predicted octanol–water partition coefficient (Wildman–Crippen LogP) is 2.57. The zero-order chi connectivity index (χ0) is 45.6. The molecule has 1 saturated heterocycles. The summed E-state index contributed by atoms with van der Waals surface area (Å²) < 4.78 is 83.3. The van der Waals surface area contributed by atoms with Gasteiger partial charge < -0.3 is 25.0 Å². The van der Waals surface area contributed by atoms with E-state index in [2.05, 4.69) is 15.4 Å². The van der Waals surface area contributed by atoms with Crippen molar-refractivity contribution in [2.24, 2.45) is 5.92 Å². The number of nitro groups is 1. The minimum absolute atomic E-state index is 0.00722.